The molecule has 0 fully saturated rings. The number of non-ortho nitro benzene ring substituents is 1. The third-order valence-corrected chi connectivity index (χ3v) is 2.94. The Morgan fingerprint density at radius 3 is 2.40 bits per heavy atom. The predicted octanol–water partition coefficient (Wildman–Crippen LogP) is 0.752. The molecule has 1 aromatic rings. The number of carbonyl (C=O) groups is 2. The number of hydrogen-bond donors (Lipinski definition) is 1. The molecule has 0 aliphatic heterocycles. The van der Waals surface area contributed by atoms with Crippen LogP contribution in [-0.4, -0.2) is 22.8 Å². The number of nitro groups is 1. The molecule has 0 unspecified atom stereocenters. The van der Waals surface area contributed by atoms with Crippen molar-refractivity contribution in [2.75, 3.05) is 0 Å². The van der Waals surface area contributed by atoms with Crippen molar-refractivity contribution < 1.29 is 19.6 Å². The van der Waals surface area contributed by atoms with Crippen molar-refractivity contribution >= 4 is 29.2 Å². The fourth-order valence-electron chi connectivity index (χ4n) is 1.52. The Morgan fingerprint density at radius 1 is 1.35 bits per heavy atom. The molecule has 0 radical (unpaired) electrons. The summed E-state index contributed by atoms with van der Waals surface area (Å²) in [5, 5.41) is 23.8. The molecule has 1 amide bonds. The van der Waals surface area contributed by atoms with Crippen LogP contribution in [0.2, 0.25) is 5.02 Å². The molecule has 0 spiro atoms. The van der Waals surface area contributed by atoms with Gasteiger partial charge in [-0.1, -0.05) is 25.4 Å². The van der Waals surface area contributed by atoms with Gasteiger partial charge >= 0.3 is 0 Å². The van der Waals surface area contributed by atoms with Crippen molar-refractivity contribution in [2.24, 2.45) is 5.92 Å². The highest BCUT2D eigenvalue weighted by atomic mass is 35.5. The van der Waals surface area contributed by atoms with Crippen LogP contribution in [0.4, 0.5) is 5.69 Å². The van der Waals surface area contributed by atoms with Gasteiger partial charge in [0.15, 0.2) is 0 Å². The number of rotatable bonds is 5. The Morgan fingerprint density at radius 2 is 1.95 bits per heavy atom. The molecule has 0 aromatic heterocycles. The highest BCUT2D eigenvalue weighted by molar-refractivity contribution is 6.34. The molecule has 0 aliphatic rings. The molecule has 0 heterocycles. The molecule has 0 saturated heterocycles. The Bertz CT molecular complexity index is 559. The summed E-state index contributed by atoms with van der Waals surface area (Å²) in [6.07, 6.45) is 0. The van der Waals surface area contributed by atoms with Crippen LogP contribution in [0.1, 0.15) is 24.2 Å². The van der Waals surface area contributed by atoms with E-state index in [-0.39, 0.29) is 16.3 Å². The van der Waals surface area contributed by atoms with Gasteiger partial charge in [0.05, 0.1) is 27.5 Å². The SMILES string of the molecule is CC(C)[C@@H](NC(=O)c1cc([N+](=O)[O-])ccc1Cl)C(=O)[O-]. The zero-order valence-corrected chi connectivity index (χ0v) is 11.5. The minimum Gasteiger partial charge on any atom is -0.548 e. The van der Waals surface area contributed by atoms with Crippen LogP contribution in [0, 0.1) is 16.0 Å². The number of nitrogens with zero attached hydrogens (tertiary/aromatic N) is 1. The first kappa shape index (κ1) is 15.9. The zero-order valence-electron chi connectivity index (χ0n) is 10.8. The van der Waals surface area contributed by atoms with E-state index in [9.17, 15) is 24.8 Å². The van der Waals surface area contributed by atoms with Crippen molar-refractivity contribution in [1.82, 2.24) is 5.32 Å². The van der Waals surface area contributed by atoms with E-state index in [0.717, 1.165) is 12.1 Å². The first-order valence-corrected chi connectivity index (χ1v) is 6.07. The van der Waals surface area contributed by atoms with Gasteiger partial charge in [0.2, 0.25) is 0 Å². The lowest BCUT2D eigenvalue weighted by atomic mass is 10.0. The highest BCUT2D eigenvalue weighted by Gasteiger charge is 2.21. The molecule has 1 rings (SSSR count). The van der Waals surface area contributed by atoms with Crippen LogP contribution >= 0.6 is 11.6 Å². The van der Waals surface area contributed by atoms with Gasteiger partial charge in [0.25, 0.3) is 11.6 Å². The second-order valence-corrected chi connectivity index (χ2v) is 4.84. The first-order chi connectivity index (χ1) is 9.23. The van der Waals surface area contributed by atoms with Crippen molar-refractivity contribution in [3.05, 3.63) is 38.9 Å². The van der Waals surface area contributed by atoms with Crippen LogP contribution in [0.3, 0.4) is 0 Å². The number of aliphatic carboxylic acids is 1. The van der Waals surface area contributed by atoms with Gasteiger partial charge in [0.1, 0.15) is 0 Å². The molecule has 1 aromatic carbocycles. The third-order valence-electron chi connectivity index (χ3n) is 2.61. The summed E-state index contributed by atoms with van der Waals surface area (Å²) in [6.45, 7) is 3.19. The van der Waals surface area contributed by atoms with E-state index in [2.05, 4.69) is 5.32 Å². The van der Waals surface area contributed by atoms with Crippen LogP contribution in [0.15, 0.2) is 18.2 Å². The summed E-state index contributed by atoms with van der Waals surface area (Å²) in [6, 6.07) is 2.14. The van der Waals surface area contributed by atoms with Gasteiger partial charge in [0, 0.05) is 12.1 Å². The number of hydrogen-bond acceptors (Lipinski definition) is 5. The zero-order chi connectivity index (χ0) is 15.4. The van der Waals surface area contributed by atoms with Gasteiger partial charge in [-0.15, -0.1) is 0 Å². The molecule has 20 heavy (non-hydrogen) atoms. The van der Waals surface area contributed by atoms with Crippen LogP contribution in [-0.2, 0) is 4.79 Å². The van der Waals surface area contributed by atoms with Crippen molar-refractivity contribution in [3.63, 3.8) is 0 Å². The van der Waals surface area contributed by atoms with Gasteiger partial charge in [-0.05, 0) is 12.0 Å². The standard InChI is InChI=1S/C12H13ClN2O5/c1-6(2)10(12(17)18)14-11(16)8-5-7(15(19)20)3-4-9(8)13/h3-6,10H,1-2H3,(H,14,16)(H,17,18)/p-1/t10-/m1/s1. The Balaban J connectivity index is 3.05. The largest absolute Gasteiger partial charge is 0.548 e. The number of carboxylic acid groups (broad SMARTS) is 1. The maximum atomic E-state index is 12.0. The Hall–Kier alpha value is -2.15. The van der Waals surface area contributed by atoms with Gasteiger partial charge < -0.3 is 15.2 Å². The van der Waals surface area contributed by atoms with Gasteiger partial charge in [-0.3, -0.25) is 14.9 Å². The van der Waals surface area contributed by atoms with Gasteiger partial charge in [-0.2, -0.15) is 0 Å². The van der Waals surface area contributed by atoms with Crippen LogP contribution < -0.4 is 10.4 Å². The van der Waals surface area contributed by atoms with E-state index in [4.69, 9.17) is 11.6 Å². The minimum absolute atomic E-state index is 0.00560. The maximum absolute atomic E-state index is 12.0. The highest BCUT2D eigenvalue weighted by Crippen LogP contribution is 2.22. The molecule has 0 bridgehead atoms. The quantitative estimate of drug-likeness (QED) is 0.637. The van der Waals surface area contributed by atoms with E-state index < -0.39 is 28.8 Å². The molecule has 108 valence electrons. The summed E-state index contributed by atoms with van der Waals surface area (Å²) in [4.78, 5) is 32.8. The average molecular weight is 300 g/mol. The summed E-state index contributed by atoms with van der Waals surface area (Å²) < 4.78 is 0. The first-order valence-electron chi connectivity index (χ1n) is 5.69. The third kappa shape index (κ3) is 3.67. The smallest absolute Gasteiger partial charge is 0.270 e. The number of benzene rings is 1. The normalized spacial score (nSPS) is 12.0. The number of nitro benzene ring substituents is 1. The lowest BCUT2D eigenvalue weighted by Crippen LogP contribution is -2.50. The average Bonchev–Trinajstić information content (AvgIpc) is 2.34. The minimum atomic E-state index is -1.44. The fraction of sp³-hybridized carbons (Fsp3) is 0.333. The van der Waals surface area contributed by atoms with E-state index in [1.165, 1.54) is 6.07 Å². The van der Waals surface area contributed by atoms with E-state index >= 15 is 0 Å². The lowest BCUT2D eigenvalue weighted by molar-refractivity contribution is -0.384. The maximum Gasteiger partial charge on any atom is 0.270 e. The van der Waals surface area contributed by atoms with Crippen LogP contribution in [0.25, 0.3) is 0 Å². The second kappa shape index (κ2) is 6.33. The molecule has 0 saturated carbocycles. The number of nitrogens with one attached hydrogen (secondary N) is 1. The van der Waals surface area contributed by atoms with Crippen molar-refractivity contribution in [1.29, 1.82) is 0 Å². The van der Waals surface area contributed by atoms with Gasteiger partial charge in [-0.25, -0.2) is 0 Å². The van der Waals surface area contributed by atoms with Crippen molar-refractivity contribution in [3.8, 4) is 0 Å². The van der Waals surface area contributed by atoms with E-state index in [0.29, 0.717) is 0 Å². The number of amides is 1. The topological polar surface area (TPSA) is 112 Å². The molecular weight excluding hydrogens is 288 g/mol. The fourth-order valence-corrected chi connectivity index (χ4v) is 1.72. The summed E-state index contributed by atoms with van der Waals surface area (Å²) in [7, 11) is 0. The Kier molecular flexibility index (Phi) is 5.04. The van der Waals surface area contributed by atoms with E-state index in [1.54, 1.807) is 13.8 Å². The summed E-state index contributed by atoms with van der Waals surface area (Å²) in [5.74, 6) is -2.64. The predicted molar refractivity (Wildman–Crippen MR) is 69.2 cm³/mol. The lowest BCUT2D eigenvalue weighted by Gasteiger charge is -2.23. The molecule has 8 heteroatoms. The number of carbonyl (C=O) groups excluding carboxylic acids is 2. The second-order valence-electron chi connectivity index (χ2n) is 4.44. The molecule has 1 N–H and O–H groups in total. The van der Waals surface area contributed by atoms with E-state index in [1.807, 2.05) is 0 Å². The summed E-state index contributed by atoms with van der Waals surface area (Å²) in [5.41, 5.74) is -0.470. The molecule has 0 aliphatic carbocycles. The number of halogens is 1. The monoisotopic (exact) mass is 299 g/mol. The molecule has 7 nitrogen and oxygen atoms in total. The van der Waals surface area contributed by atoms with Crippen molar-refractivity contribution in [2.45, 2.75) is 19.9 Å². The summed E-state index contributed by atoms with van der Waals surface area (Å²) >= 11 is 5.79. The molecular formula is C12H12ClN2O5-. The number of carboxylic acids is 1. The Labute approximate surface area is 119 Å². The molecule has 1 atom stereocenters. The van der Waals surface area contributed by atoms with Crippen LogP contribution in [0.5, 0.6) is 0 Å².